The summed E-state index contributed by atoms with van der Waals surface area (Å²) >= 11 is 0. The molecule has 0 saturated carbocycles. The quantitative estimate of drug-likeness (QED) is 0.389. The molecule has 4 heterocycles. The lowest BCUT2D eigenvalue weighted by atomic mass is 10.2. The Balaban J connectivity index is 1.52. The van der Waals surface area contributed by atoms with Gasteiger partial charge in [-0.2, -0.15) is 5.10 Å². The number of likely N-dealkylation sites (N-methyl/N-ethyl adjacent to an activating group) is 1. The van der Waals surface area contributed by atoms with Crippen LogP contribution in [0, 0.1) is 0 Å². The molecule has 5 rings (SSSR count). The predicted molar refractivity (Wildman–Crippen MR) is 115 cm³/mol. The Hall–Kier alpha value is -3.98. The second-order valence-electron chi connectivity index (χ2n) is 6.90. The summed E-state index contributed by atoms with van der Waals surface area (Å²) in [6.07, 6.45) is 13.8. The summed E-state index contributed by atoms with van der Waals surface area (Å²) in [7, 11) is 1.94. The third kappa shape index (κ3) is 3.42. The van der Waals surface area contributed by atoms with Gasteiger partial charge in [0.1, 0.15) is 0 Å². The SMILES string of the molecule is CNCCc1cn2c(-c3cn[nH]c3)cnc2c(Nc2ccc(-n3ccnc3)cc2)n1. The van der Waals surface area contributed by atoms with Crippen molar-refractivity contribution in [2.45, 2.75) is 6.42 Å². The lowest BCUT2D eigenvalue weighted by Gasteiger charge is -2.11. The van der Waals surface area contributed by atoms with Crippen LogP contribution in [0.3, 0.4) is 0 Å². The van der Waals surface area contributed by atoms with Gasteiger partial charge in [0.15, 0.2) is 11.5 Å². The smallest absolute Gasteiger partial charge is 0.180 e. The number of hydrogen-bond donors (Lipinski definition) is 3. The van der Waals surface area contributed by atoms with Crippen molar-refractivity contribution in [2.75, 3.05) is 18.9 Å². The van der Waals surface area contributed by atoms with Crippen molar-refractivity contribution in [3.63, 3.8) is 0 Å². The molecule has 0 amide bonds. The number of H-pyrrole nitrogens is 1. The molecule has 5 aromatic rings. The van der Waals surface area contributed by atoms with E-state index < -0.39 is 0 Å². The van der Waals surface area contributed by atoms with Crippen LogP contribution in [-0.2, 0) is 6.42 Å². The Labute approximate surface area is 172 Å². The number of rotatable bonds is 7. The normalized spacial score (nSPS) is 11.2. The van der Waals surface area contributed by atoms with Gasteiger partial charge in [-0.15, -0.1) is 0 Å². The number of fused-ring (bicyclic) bond motifs is 1. The maximum Gasteiger partial charge on any atom is 0.180 e. The van der Waals surface area contributed by atoms with E-state index in [1.54, 1.807) is 18.7 Å². The molecule has 4 aromatic heterocycles. The molecular formula is C21H21N9. The predicted octanol–water partition coefficient (Wildman–Crippen LogP) is 2.81. The van der Waals surface area contributed by atoms with Crippen LogP contribution < -0.4 is 10.6 Å². The van der Waals surface area contributed by atoms with Crippen LogP contribution in [-0.4, -0.2) is 47.7 Å². The molecule has 0 atom stereocenters. The average Bonchev–Trinajstić information content (AvgIpc) is 3.54. The highest BCUT2D eigenvalue weighted by Gasteiger charge is 2.14. The minimum absolute atomic E-state index is 0.716. The molecule has 0 fully saturated rings. The van der Waals surface area contributed by atoms with Gasteiger partial charge < -0.3 is 15.2 Å². The largest absolute Gasteiger partial charge is 0.337 e. The second-order valence-corrected chi connectivity index (χ2v) is 6.90. The lowest BCUT2D eigenvalue weighted by molar-refractivity contribution is 0.772. The van der Waals surface area contributed by atoms with Gasteiger partial charge in [-0.1, -0.05) is 0 Å². The first-order chi connectivity index (χ1) is 14.8. The zero-order valence-electron chi connectivity index (χ0n) is 16.4. The highest BCUT2D eigenvalue weighted by atomic mass is 15.1. The van der Waals surface area contributed by atoms with Gasteiger partial charge in [-0.05, 0) is 31.3 Å². The van der Waals surface area contributed by atoms with Crippen LogP contribution in [0.4, 0.5) is 11.5 Å². The Morgan fingerprint density at radius 1 is 1.13 bits per heavy atom. The first-order valence-corrected chi connectivity index (χ1v) is 9.68. The number of anilines is 2. The van der Waals surface area contributed by atoms with Crippen molar-refractivity contribution in [1.29, 1.82) is 0 Å². The van der Waals surface area contributed by atoms with Crippen LogP contribution >= 0.6 is 0 Å². The maximum absolute atomic E-state index is 4.83. The monoisotopic (exact) mass is 399 g/mol. The lowest BCUT2D eigenvalue weighted by Crippen LogP contribution is -2.12. The van der Waals surface area contributed by atoms with Gasteiger partial charge in [-0.25, -0.2) is 15.0 Å². The Morgan fingerprint density at radius 2 is 2.03 bits per heavy atom. The van der Waals surface area contributed by atoms with E-state index in [4.69, 9.17) is 4.98 Å². The molecule has 9 heteroatoms. The first kappa shape index (κ1) is 18.1. The fraction of sp³-hybridized carbons (Fsp3) is 0.143. The molecule has 30 heavy (non-hydrogen) atoms. The molecule has 0 bridgehead atoms. The molecule has 0 aliphatic rings. The van der Waals surface area contributed by atoms with Crippen LogP contribution in [0.15, 0.2) is 67.8 Å². The van der Waals surface area contributed by atoms with Gasteiger partial charge in [0.2, 0.25) is 0 Å². The molecule has 0 spiro atoms. The van der Waals surface area contributed by atoms with Crippen LogP contribution in [0.1, 0.15) is 5.69 Å². The van der Waals surface area contributed by atoms with Crippen molar-refractivity contribution >= 4 is 17.2 Å². The second kappa shape index (κ2) is 7.80. The van der Waals surface area contributed by atoms with Crippen molar-refractivity contribution in [1.82, 2.24) is 39.4 Å². The summed E-state index contributed by atoms with van der Waals surface area (Å²) < 4.78 is 4.02. The highest BCUT2D eigenvalue weighted by Crippen LogP contribution is 2.26. The van der Waals surface area contributed by atoms with Crippen molar-refractivity contribution in [3.8, 4) is 16.9 Å². The minimum atomic E-state index is 0.716. The number of imidazole rings is 2. The van der Waals surface area contributed by atoms with Crippen LogP contribution in [0.25, 0.3) is 22.6 Å². The molecular weight excluding hydrogens is 378 g/mol. The summed E-state index contributed by atoms with van der Waals surface area (Å²) in [6, 6.07) is 8.12. The fourth-order valence-corrected chi connectivity index (χ4v) is 3.37. The standard InChI is InChI=1S/C21H21N9/c1-22-7-6-17-13-30-19(15-10-25-26-11-15)12-24-21(30)20(28-17)27-16-2-4-18(5-3-16)29-9-8-23-14-29/h2-5,8-14,22H,6-7H2,1H3,(H,25,26)(H,27,28). The zero-order chi connectivity index (χ0) is 20.3. The van der Waals surface area contributed by atoms with E-state index in [2.05, 4.69) is 35.2 Å². The average molecular weight is 399 g/mol. The van der Waals surface area contributed by atoms with Crippen LogP contribution in [0.2, 0.25) is 0 Å². The van der Waals surface area contributed by atoms with Gasteiger partial charge in [0.25, 0.3) is 0 Å². The van der Waals surface area contributed by atoms with Gasteiger partial charge >= 0.3 is 0 Å². The van der Waals surface area contributed by atoms with Crippen molar-refractivity contribution in [3.05, 3.63) is 73.5 Å². The Kier molecular flexibility index (Phi) is 4.70. The van der Waals surface area contributed by atoms with Crippen molar-refractivity contribution in [2.24, 2.45) is 0 Å². The first-order valence-electron chi connectivity index (χ1n) is 9.68. The summed E-state index contributed by atoms with van der Waals surface area (Å²) in [5.74, 6) is 0.716. The highest BCUT2D eigenvalue weighted by molar-refractivity contribution is 5.74. The molecule has 0 aliphatic heterocycles. The van der Waals surface area contributed by atoms with E-state index in [9.17, 15) is 0 Å². The molecule has 0 unspecified atom stereocenters. The van der Waals surface area contributed by atoms with E-state index >= 15 is 0 Å². The zero-order valence-corrected chi connectivity index (χ0v) is 16.4. The van der Waals surface area contributed by atoms with Gasteiger partial charge in [-0.3, -0.25) is 9.50 Å². The number of benzene rings is 1. The molecule has 0 radical (unpaired) electrons. The maximum atomic E-state index is 4.83. The molecule has 150 valence electrons. The van der Waals surface area contributed by atoms with E-state index in [-0.39, 0.29) is 0 Å². The summed E-state index contributed by atoms with van der Waals surface area (Å²) in [6.45, 7) is 0.841. The number of nitrogens with zero attached hydrogens (tertiary/aromatic N) is 6. The van der Waals surface area contributed by atoms with Crippen molar-refractivity contribution < 1.29 is 0 Å². The number of aromatic nitrogens is 7. The fourth-order valence-electron chi connectivity index (χ4n) is 3.37. The number of hydrogen-bond acceptors (Lipinski definition) is 6. The van der Waals surface area contributed by atoms with Crippen LogP contribution in [0.5, 0.6) is 0 Å². The van der Waals surface area contributed by atoms with E-state index in [1.807, 2.05) is 60.7 Å². The summed E-state index contributed by atoms with van der Waals surface area (Å²) in [5.41, 5.74) is 5.65. The summed E-state index contributed by atoms with van der Waals surface area (Å²) in [5, 5.41) is 13.5. The molecule has 3 N–H and O–H groups in total. The molecule has 0 aliphatic carbocycles. The minimum Gasteiger partial charge on any atom is -0.337 e. The van der Waals surface area contributed by atoms with E-state index in [1.165, 1.54) is 0 Å². The van der Waals surface area contributed by atoms with Gasteiger partial charge in [0.05, 0.1) is 30.1 Å². The summed E-state index contributed by atoms with van der Waals surface area (Å²) in [4.78, 5) is 13.5. The molecule has 1 aromatic carbocycles. The van der Waals surface area contributed by atoms with E-state index in [0.29, 0.717) is 5.82 Å². The third-order valence-electron chi connectivity index (χ3n) is 4.90. The third-order valence-corrected chi connectivity index (χ3v) is 4.90. The van der Waals surface area contributed by atoms with Gasteiger partial charge in [0, 0.05) is 54.7 Å². The number of nitrogens with one attached hydrogen (secondary N) is 3. The molecule has 0 saturated heterocycles. The Bertz CT molecular complexity index is 1240. The Morgan fingerprint density at radius 3 is 2.77 bits per heavy atom. The van der Waals surface area contributed by atoms with E-state index in [0.717, 1.165) is 46.9 Å². The number of aromatic amines is 1. The topological polar surface area (TPSA) is 101 Å². The molecule has 9 nitrogen and oxygen atoms in total.